The van der Waals surface area contributed by atoms with Gasteiger partial charge in [-0.1, -0.05) is 18.2 Å². The number of likely N-dealkylation sites (tertiary alicyclic amines) is 1. The van der Waals surface area contributed by atoms with Crippen molar-refractivity contribution < 1.29 is 23.4 Å². The lowest BCUT2D eigenvalue weighted by atomic mass is 10.0. The van der Waals surface area contributed by atoms with Gasteiger partial charge in [0.25, 0.3) is 0 Å². The number of hydrogen-bond donors (Lipinski definition) is 0. The van der Waals surface area contributed by atoms with Crippen LogP contribution in [0.2, 0.25) is 0 Å². The molecule has 2 aromatic carbocycles. The minimum Gasteiger partial charge on any atom is -0.497 e. The summed E-state index contributed by atoms with van der Waals surface area (Å²) in [5, 5.41) is 0. The number of esters is 1. The number of methoxy groups -OCH3 is 1. The fourth-order valence-corrected chi connectivity index (χ4v) is 3.52. The van der Waals surface area contributed by atoms with Crippen molar-refractivity contribution in [1.82, 2.24) is 9.88 Å². The number of aromatic nitrogens is 1. The topological polar surface area (TPSA) is 74.0 Å². The first-order valence-electron chi connectivity index (χ1n) is 9.82. The van der Waals surface area contributed by atoms with Crippen LogP contribution < -0.4 is 9.47 Å². The molecule has 0 saturated carbocycles. The lowest BCUT2D eigenvalue weighted by molar-refractivity contribution is -0.157. The molecule has 2 heterocycles. The Bertz CT molecular complexity index is 972. The second-order valence-corrected chi connectivity index (χ2v) is 7.21. The summed E-state index contributed by atoms with van der Waals surface area (Å²) in [5.74, 6) is 1.21. The van der Waals surface area contributed by atoms with Crippen LogP contribution in [0.5, 0.6) is 11.5 Å². The Kier molecular flexibility index (Phi) is 5.99. The predicted octanol–water partition coefficient (Wildman–Crippen LogP) is 3.72. The highest BCUT2D eigenvalue weighted by Crippen LogP contribution is 2.32. The van der Waals surface area contributed by atoms with E-state index in [4.69, 9.17) is 18.6 Å². The van der Waals surface area contributed by atoms with Gasteiger partial charge in [-0.3, -0.25) is 0 Å². The minimum atomic E-state index is -0.965. The van der Waals surface area contributed by atoms with Gasteiger partial charge in [-0.05, 0) is 43.8 Å². The quantitative estimate of drug-likeness (QED) is 0.552. The number of hydrogen-bond acceptors (Lipinski definition) is 7. The van der Waals surface area contributed by atoms with Crippen LogP contribution in [0.1, 0.15) is 18.1 Å². The second kappa shape index (κ2) is 9.00. The molecule has 2 unspecified atom stereocenters. The van der Waals surface area contributed by atoms with E-state index in [2.05, 4.69) is 9.88 Å². The number of carbonyl (C=O) groups excluding carboxylic acids is 1. The Morgan fingerprint density at radius 2 is 1.93 bits per heavy atom. The van der Waals surface area contributed by atoms with Gasteiger partial charge in [-0.25, -0.2) is 9.78 Å². The van der Waals surface area contributed by atoms with Crippen LogP contribution in [0.15, 0.2) is 65.4 Å². The summed E-state index contributed by atoms with van der Waals surface area (Å²) in [6.07, 6.45) is 2.75. The zero-order valence-corrected chi connectivity index (χ0v) is 17.0. The maximum Gasteiger partial charge on any atom is 0.352 e. The van der Waals surface area contributed by atoms with Gasteiger partial charge in [0.2, 0.25) is 12.0 Å². The molecule has 1 aliphatic rings. The van der Waals surface area contributed by atoms with Gasteiger partial charge in [0.05, 0.1) is 13.3 Å². The van der Waals surface area contributed by atoms with Crippen LogP contribution in [0.25, 0.3) is 11.5 Å². The molecule has 0 radical (unpaired) electrons. The molecule has 7 nitrogen and oxygen atoms in total. The van der Waals surface area contributed by atoms with Crippen molar-refractivity contribution in [2.45, 2.75) is 18.6 Å². The first kappa shape index (κ1) is 20.0. The highest BCUT2D eigenvalue weighted by molar-refractivity contribution is 5.80. The van der Waals surface area contributed by atoms with Crippen molar-refractivity contribution in [2.24, 2.45) is 0 Å². The summed E-state index contributed by atoms with van der Waals surface area (Å²) in [4.78, 5) is 19.6. The zero-order chi connectivity index (χ0) is 20.9. The van der Waals surface area contributed by atoms with Gasteiger partial charge in [0, 0.05) is 24.2 Å². The van der Waals surface area contributed by atoms with Gasteiger partial charge in [0.1, 0.15) is 23.9 Å². The van der Waals surface area contributed by atoms with Crippen LogP contribution in [-0.4, -0.2) is 49.2 Å². The average molecular weight is 408 g/mol. The van der Waals surface area contributed by atoms with Gasteiger partial charge >= 0.3 is 5.97 Å². The van der Waals surface area contributed by atoms with Gasteiger partial charge in [-0.2, -0.15) is 0 Å². The number of oxazole rings is 1. The van der Waals surface area contributed by atoms with Gasteiger partial charge < -0.3 is 23.5 Å². The van der Waals surface area contributed by atoms with E-state index in [1.54, 1.807) is 37.6 Å². The largest absolute Gasteiger partial charge is 0.497 e. The molecule has 0 amide bonds. The number of ether oxygens (including phenoxy) is 3. The van der Waals surface area contributed by atoms with E-state index in [0.717, 1.165) is 13.0 Å². The highest BCUT2D eigenvalue weighted by Gasteiger charge is 2.32. The average Bonchev–Trinajstić information content (AvgIpc) is 3.44. The molecule has 0 spiro atoms. The Balaban J connectivity index is 1.65. The maximum atomic E-state index is 13.2. The van der Waals surface area contributed by atoms with Gasteiger partial charge in [-0.15, -0.1) is 0 Å². The van der Waals surface area contributed by atoms with E-state index < -0.39 is 12.1 Å². The van der Waals surface area contributed by atoms with E-state index in [9.17, 15) is 4.79 Å². The van der Waals surface area contributed by atoms with Crippen LogP contribution in [-0.2, 0) is 9.53 Å². The Morgan fingerprint density at radius 3 is 2.60 bits per heavy atom. The fourth-order valence-electron chi connectivity index (χ4n) is 3.52. The number of carbonyl (C=O) groups is 1. The Morgan fingerprint density at radius 1 is 1.17 bits per heavy atom. The Hall–Kier alpha value is -3.32. The molecule has 3 aromatic rings. The van der Waals surface area contributed by atoms with Crippen molar-refractivity contribution >= 4 is 5.97 Å². The number of rotatable bonds is 7. The molecule has 0 bridgehead atoms. The third-order valence-corrected chi connectivity index (χ3v) is 5.06. The summed E-state index contributed by atoms with van der Waals surface area (Å²) >= 11 is 0. The molecule has 1 fully saturated rings. The first-order chi connectivity index (χ1) is 14.6. The summed E-state index contributed by atoms with van der Waals surface area (Å²) in [6, 6.07) is 14.5. The molecule has 1 aromatic heterocycles. The van der Waals surface area contributed by atoms with E-state index in [1.807, 2.05) is 31.3 Å². The summed E-state index contributed by atoms with van der Waals surface area (Å²) < 4.78 is 22.6. The first-order valence-corrected chi connectivity index (χ1v) is 9.82. The zero-order valence-electron chi connectivity index (χ0n) is 17.0. The minimum absolute atomic E-state index is 0.154. The molecule has 1 aliphatic heterocycles. The fraction of sp³-hybridized carbons (Fsp3) is 0.304. The molecular weight excluding hydrogens is 384 g/mol. The van der Waals surface area contributed by atoms with Crippen molar-refractivity contribution in [1.29, 1.82) is 0 Å². The van der Waals surface area contributed by atoms with E-state index in [0.29, 0.717) is 35.1 Å². The molecule has 0 N–H and O–H groups in total. The highest BCUT2D eigenvalue weighted by atomic mass is 16.6. The van der Waals surface area contributed by atoms with E-state index in [1.165, 1.54) is 6.26 Å². The van der Waals surface area contributed by atoms with Crippen molar-refractivity contribution in [3.8, 4) is 23.0 Å². The molecule has 30 heavy (non-hydrogen) atoms. The molecule has 1 saturated heterocycles. The molecular formula is C23H24N2O5. The van der Waals surface area contributed by atoms with Crippen LogP contribution in [0, 0.1) is 0 Å². The lowest BCUT2D eigenvalue weighted by Gasteiger charge is -2.22. The normalized spacial score (nSPS) is 17.5. The van der Waals surface area contributed by atoms with E-state index >= 15 is 0 Å². The molecule has 0 aliphatic carbocycles. The summed E-state index contributed by atoms with van der Waals surface area (Å²) in [7, 11) is 3.61. The third kappa shape index (κ3) is 4.46. The Labute approximate surface area is 175 Å². The van der Waals surface area contributed by atoms with Crippen LogP contribution in [0.4, 0.5) is 0 Å². The molecule has 156 valence electrons. The van der Waals surface area contributed by atoms with Crippen molar-refractivity contribution in [3.63, 3.8) is 0 Å². The maximum absolute atomic E-state index is 13.2. The van der Waals surface area contributed by atoms with Crippen LogP contribution >= 0.6 is 0 Å². The van der Waals surface area contributed by atoms with Gasteiger partial charge in [0.15, 0.2) is 0 Å². The standard InChI is InChI=1S/C23H24N2O5/c1-25-13-11-18(15-25)30-23(26)21(29-17-9-7-16(27-2)8-10-17)19-5-3-4-6-20(19)22-24-12-14-28-22/h3-10,12,14,18,21H,11,13,15H2,1-2H3. The lowest BCUT2D eigenvalue weighted by Crippen LogP contribution is -2.28. The van der Waals surface area contributed by atoms with Crippen LogP contribution in [0.3, 0.4) is 0 Å². The monoisotopic (exact) mass is 408 g/mol. The smallest absolute Gasteiger partial charge is 0.352 e. The van der Waals surface area contributed by atoms with Crippen molar-refractivity contribution in [2.75, 3.05) is 27.2 Å². The second-order valence-electron chi connectivity index (χ2n) is 7.21. The SMILES string of the molecule is COc1ccc(OC(C(=O)OC2CCN(C)C2)c2ccccc2-c2ncco2)cc1. The number of likely N-dealkylation sites (N-methyl/N-ethyl adjacent to an activating group) is 1. The molecule has 7 heteroatoms. The van der Waals surface area contributed by atoms with E-state index in [-0.39, 0.29) is 6.10 Å². The number of benzene rings is 2. The predicted molar refractivity (Wildman–Crippen MR) is 110 cm³/mol. The van der Waals surface area contributed by atoms with Crippen molar-refractivity contribution in [3.05, 3.63) is 66.6 Å². The number of nitrogens with zero attached hydrogens (tertiary/aromatic N) is 2. The molecule has 2 atom stereocenters. The molecule has 4 rings (SSSR count). The third-order valence-electron chi connectivity index (χ3n) is 5.06. The summed E-state index contributed by atoms with van der Waals surface area (Å²) in [6.45, 7) is 1.61. The summed E-state index contributed by atoms with van der Waals surface area (Å²) in [5.41, 5.74) is 1.31.